The van der Waals surface area contributed by atoms with Gasteiger partial charge in [-0.3, -0.25) is 19.1 Å². The lowest BCUT2D eigenvalue weighted by molar-refractivity contribution is -0.138. The number of hydrogen-bond acceptors (Lipinski definition) is 4. The fourth-order valence-electron chi connectivity index (χ4n) is 3.41. The summed E-state index contributed by atoms with van der Waals surface area (Å²) in [6.45, 7) is 2.03. The molecule has 2 heterocycles. The van der Waals surface area contributed by atoms with Gasteiger partial charge >= 0.3 is 0 Å². The molecule has 1 aromatic heterocycles. The maximum absolute atomic E-state index is 13.9. The Morgan fingerprint density at radius 3 is 2.55 bits per heavy atom. The molecule has 0 radical (unpaired) electrons. The van der Waals surface area contributed by atoms with E-state index in [-0.39, 0.29) is 29.6 Å². The highest BCUT2D eigenvalue weighted by molar-refractivity contribution is 7.71. The molecule has 1 fully saturated rings. The van der Waals surface area contributed by atoms with Gasteiger partial charge in [-0.15, -0.1) is 0 Å². The second kappa shape index (κ2) is 7.53. The van der Waals surface area contributed by atoms with E-state index in [2.05, 4.69) is 5.10 Å². The fraction of sp³-hybridized carbons (Fsp3) is 0.200. The molecule has 2 aromatic carbocycles. The number of benzene rings is 2. The number of likely N-dealkylation sites (N-methyl/N-ethyl adjacent to an activating group) is 1. The Bertz CT molecular complexity index is 1170. The third-order valence-electron chi connectivity index (χ3n) is 4.80. The first-order valence-corrected chi connectivity index (χ1v) is 9.77. The maximum Gasteiger partial charge on any atom is 0.254 e. The number of likely N-dealkylation sites (tertiary alicyclic amines) is 1. The van der Waals surface area contributed by atoms with Crippen molar-refractivity contribution < 1.29 is 14.0 Å². The van der Waals surface area contributed by atoms with E-state index >= 15 is 0 Å². The van der Waals surface area contributed by atoms with Gasteiger partial charge in [-0.25, -0.2) is 9.07 Å². The van der Waals surface area contributed by atoms with Crippen molar-refractivity contribution in [1.82, 2.24) is 19.2 Å². The molecule has 2 amide bonds. The molecule has 29 heavy (non-hydrogen) atoms. The predicted molar refractivity (Wildman–Crippen MR) is 109 cm³/mol. The highest BCUT2D eigenvalue weighted by Crippen LogP contribution is 2.29. The van der Waals surface area contributed by atoms with Gasteiger partial charge in [0.2, 0.25) is 10.7 Å². The van der Waals surface area contributed by atoms with Gasteiger partial charge in [-0.2, -0.15) is 5.10 Å². The van der Waals surface area contributed by atoms with Crippen molar-refractivity contribution in [3.05, 3.63) is 64.1 Å². The summed E-state index contributed by atoms with van der Waals surface area (Å²) in [7, 11) is 0. The number of imide groups is 1. The normalized spacial score (nSPS) is 16.7. The molecule has 3 aromatic rings. The first-order valence-electron chi connectivity index (χ1n) is 8.98. The molecule has 0 bridgehead atoms. The van der Waals surface area contributed by atoms with E-state index in [9.17, 15) is 14.0 Å². The number of carbonyl (C=O) groups is 2. The number of nitrogens with zero attached hydrogens (tertiary/aromatic N) is 4. The van der Waals surface area contributed by atoms with Gasteiger partial charge in [-0.05, 0) is 61.6 Å². The van der Waals surface area contributed by atoms with E-state index in [1.54, 1.807) is 47.9 Å². The average molecular weight is 431 g/mol. The van der Waals surface area contributed by atoms with Crippen molar-refractivity contribution >= 4 is 35.6 Å². The minimum atomic E-state index is -0.823. The lowest BCUT2D eigenvalue weighted by Crippen LogP contribution is -2.31. The van der Waals surface area contributed by atoms with Crippen molar-refractivity contribution in [1.29, 1.82) is 0 Å². The molecular weight excluding hydrogens is 415 g/mol. The highest BCUT2D eigenvalue weighted by Gasteiger charge is 2.40. The van der Waals surface area contributed by atoms with Crippen LogP contribution in [0.1, 0.15) is 19.4 Å². The van der Waals surface area contributed by atoms with Gasteiger partial charge in [0.1, 0.15) is 11.9 Å². The lowest BCUT2D eigenvalue weighted by Gasteiger charge is -2.11. The van der Waals surface area contributed by atoms with Gasteiger partial charge in [0.05, 0.1) is 12.1 Å². The average Bonchev–Trinajstić information content (AvgIpc) is 3.18. The van der Waals surface area contributed by atoms with E-state index in [0.717, 1.165) is 0 Å². The molecule has 9 heteroatoms. The van der Waals surface area contributed by atoms with E-state index in [4.69, 9.17) is 23.8 Å². The Morgan fingerprint density at radius 2 is 1.93 bits per heavy atom. The zero-order valence-corrected chi connectivity index (χ0v) is 17.0. The maximum atomic E-state index is 13.9. The molecule has 148 valence electrons. The van der Waals surface area contributed by atoms with Gasteiger partial charge in [0.25, 0.3) is 5.91 Å². The quantitative estimate of drug-likeness (QED) is 0.460. The number of hydrogen-bond donors (Lipinski definition) is 0. The van der Waals surface area contributed by atoms with Crippen LogP contribution in [-0.2, 0) is 9.59 Å². The van der Waals surface area contributed by atoms with Gasteiger partial charge in [0.15, 0.2) is 5.82 Å². The molecule has 6 nitrogen and oxygen atoms in total. The Hall–Kier alpha value is -2.84. The van der Waals surface area contributed by atoms with Gasteiger partial charge in [-0.1, -0.05) is 17.7 Å². The standard InChI is InChI=1S/C20H16ClFN4O2S/c1-2-24-17(27)11-16(19(24)28)26-20(29)25(15-5-3-4-14(22)10-15)18(23-26)12-6-8-13(21)9-7-12/h3-10,16H,2,11H2,1H3. The topological polar surface area (TPSA) is 60.1 Å². The van der Waals surface area contributed by atoms with Crippen molar-refractivity contribution in [2.75, 3.05) is 6.54 Å². The third-order valence-corrected chi connectivity index (χ3v) is 5.42. The molecule has 0 N–H and O–H groups in total. The van der Waals surface area contributed by atoms with Crippen LogP contribution in [0.3, 0.4) is 0 Å². The Balaban J connectivity index is 1.92. The summed E-state index contributed by atoms with van der Waals surface area (Å²) < 4.78 is 17.1. The Kier molecular flexibility index (Phi) is 5.06. The van der Waals surface area contributed by atoms with Crippen LogP contribution in [-0.4, -0.2) is 37.6 Å². The van der Waals surface area contributed by atoms with Crippen molar-refractivity contribution in [2.45, 2.75) is 19.4 Å². The lowest BCUT2D eigenvalue weighted by atomic mass is 10.2. The van der Waals surface area contributed by atoms with Crippen LogP contribution in [0.25, 0.3) is 17.1 Å². The molecule has 1 saturated heterocycles. The zero-order chi connectivity index (χ0) is 20.7. The first-order chi connectivity index (χ1) is 13.9. The predicted octanol–water partition coefficient (Wildman–Crippen LogP) is 4.18. The Morgan fingerprint density at radius 1 is 1.21 bits per heavy atom. The minimum Gasteiger partial charge on any atom is -0.281 e. The van der Waals surface area contributed by atoms with Crippen LogP contribution in [0.5, 0.6) is 0 Å². The summed E-state index contributed by atoms with van der Waals surface area (Å²) in [5.41, 5.74) is 1.16. The summed E-state index contributed by atoms with van der Waals surface area (Å²) in [5.74, 6) is -0.617. The van der Waals surface area contributed by atoms with E-state index in [0.29, 0.717) is 22.1 Å². The number of carbonyl (C=O) groups excluding carboxylic acids is 2. The monoisotopic (exact) mass is 430 g/mol. The molecule has 0 aliphatic carbocycles. The summed E-state index contributed by atoms with van der Waals surface area (Å²) in [6, 6.07) is 12.0. The second-order valence-electron chi connectivity index (χ2n) is 6.57. The fourth-order valence-corrected chi connectivity index (χ4v) is 3.89. The van der Waals surface area contributed by atoms with Crippen LogP contribution in [0, 0.1) is 10.6 Å². The molecule has 0 spiro atoms. The summed E-state index contributed by atoms with van der Waals surface area (Å²) in [4.78, 5) is 26.1. The summed E-state index contributed by atoms with van der Waals surface area (Å²) >= 11 is 11.6. The number of aromatic nitrogens is 3. The molecule has 4 rings (SSSR count). The van der Waals surface area contributed by atoms with E-state index in [1.807, 2.05) is 0 Å². The number of rotatable bonds is 4. The molecule has 0 saturated carbocycles. The SMILES string of the molecule is CCN1C(=O)CC(n2nc(-c3ccc(Cl)cc3)n(-c3cccc(F)c3)c2=S)C1=O. The minimum absolute atomic E-state index is 0.0127. The highest BCUT2D eigenvalue weighted by atomic mass is 35.5. The largest absolute Gasteiger partial charge is 0.281 e. The van der Waals surface area contributed by atoms with Crippen LogP contribution in [0.4, 0.5) is 4.39 Å². The third kappa shape index (κ3) is 3.38. The van der Waals surface area contributed by atoms with Crippen LogP contribution in [0.2, 0.25) is 5.02 Å². The molecule has 1 aliphatic rings. The molecule has 1 aliphatic heterocycles. The number of halogens is 2. The smallest absolute Gasteiger partial charge is 0.254 e. The summed E-state index contributed by atoms with van der Waals surface area (Å²) in [5, 5.41) is 5.12. The molecule has 1 atom stereocenters. The van der Waals surface area contributed by atoms with Crippen LogP contribution in [0.15, 0.2) is 48.5 Å². The van der Waals surface area contributed by atoms with E-state index < -0.39 is 11.9 Å². The van der Waals surface area contributed by atoms with Gasteiger partial charge in [0, 0.05) is 17.1 Å². The molecular formula is C20H16ClFN4O2S. The zero-order valence-electron chi connectivity index (χ0n) is 15.4. The van der Waals surface area contributed by atoms with Crippen molar-refractivity contribution in [3.8, 4) is 17.1 Å². The number of amides is 2. The summed E-state index contributed by atoms with van der Waals surface area (Å²) in [6.07, 6.45) is -0.0127. The second-order valence-corrected chi connectivity index (χ2v) is 7.37. The van der Waals surface area contributed by atoms with Crippen molar-refractivity contribution in [3.63, 3.8) is 0 Å². The van der Waals surface area contributed by atoms with Crippen LogP contribution >= 0.6 is 23.8 Å². The van der Waals surface area contributed by atoms with Gasteiger partial charge < -0.3 is 0 Å². The van der Waals surface area contributed by atoms with E-state index in [1.165, 1.54) is 21.7 Å². The van der Waals surface area contributed by atoms with Crippen LogP contribution < -0.4 is 0 Å². The Labute approximate surface area is 176 Å². The van der Waals surface area contributed by atoms with Crippen molar-refractivity contribution in [2.24, 2.45) is 0 Å². The molecule has 1 unspecified atom stereocenters. The first kappa shape index (κ1) is 19.5.